The summed E-state index contributed by atoms with van der Waals surface area (Å²) in [5.74, 6) is -0.310. The van der Waals surface area contributed by atoms with Crippen LogP contribution in [0.3, 0.4) is 0 Å². The summed E-state index contributed by atoms with van der Waals surface area (Å²) in [6.45, 7) is 1.72. The Morgan fingerprint density at radius 3 is 2.44 bits per heavy atom. The lowest BCUT2D eigenvalue weighted by molar-refractivity contribution is -0.121. The average molecular weight is 125 g/mol. The average Bonchev–Trinajstić information content (AvgIpc) is 2.10. The van der Waals surface area contributed by atoms with Gasteiger partial charge in [-0.15, -0.1) is 0 Å². The third-order valence-electron chi connectivity index (χ3n) is 1.18. The zero-order valence-electron chi connectivity index (χ0n) is 5.10. The van der Waals surface area contributed by atoms with Crippen molar-refractivity contribution in [1.82, 2.24) is 5.32 Å². The number of Topliss-reactive ketones (excluding diaryl/α,β-unsaturated/α-hetero) is 1. The first-order chi connectivity index (χ1) is 4.24. The molecule has 0 spiro atoms. The number of rotatable bonds is 0. The van der Waals surface area contributed by atoms with Gasteiger partial charge in [0.25, 0.3) is 0 Å². The standard InChI is InChI=1S/C6H7NO2/c1-2-4-5(8)3-6(9)7-4/h2H,3H2,1H3,(H,7,9)/b4-2+. The maximum absolute atomic E-state index is 10.7. The monoisotopic (exact) mass is 125 g/mol. The summed E-state index contributed by atoms with van der Waals surface area (Å²) < 4.78 is 0. The van der Waals surface area contributed by atoms with Gasteiger partial charge in [0.1, 0.15) is 0 Å². The van der Waals surface area contributed by atoms with E-state index >= 15 is 0 Å². The Hall–Kier alpha value is -1.12. The molecule has 1 rings (SSSR count). The summed E-state index contributed by atoms with van der Waals surface area (Å²) >= 11 is 0. The maximum Gasteiger partial charge on any atom is 0.232 e. The minimum atomic E-state index is -0.201. The number of carbonyl (C=O) groups excluding carboxylic acids is 2. The first-order valence-electron chi connectivity index (χ1n) is 2.73. The molecule has 1 saturated heterocycles. The molecule has 0 unspecified atom stereocenters. The minimum absolute atomic E-state index is 0.0136. The van der Waals surface area contributed by atoms with E-state index in [2.05, 4.69) is 5.32 Å². The van der Waals surface area contributed by atoms with Crippen LogP contribution in [0.5, 0.6) is 0 Å². The first-order valence-corrected chi connectivity index (χ1v) is 2.73. The van der Waals surface area contributed by atoms with Gasteiger partial charge in [-0.25, -0.2) is 0 Å². The van der Waals surface area contributed by atoms with Crippen molar-refractivity contribution in [2.45, 2.75) is 13.3 Å². The molecule has 0 aromatic heterocycles. The van der Waals surface area contributed by atoms with Gasteiger partial charge in [0.15, 0.2) is 5.78 Å². The van der Waals surface area contributed by atoms with Gasteiger partial charge in [0, 0.05) is 0 Å². The second-order valence-electron chi connectivity index (χ2n) is 1.85. The van der Waals surface area contributed by atoms with Gasteiger partial charge in [-0.3, -0.25) is 9.59 Å². The summed E-state index contributed by atoms with van der Waals surface area (Å²) in [6, 6.07) is 0. The van der Waals surface area contributed by atoms with Gasteiger partial charge in [-0.05, 0) is 6.92 Å². The molecule has 0 aromatic carbocycles. The van der Waals surface area contributed by atoms with Crippen molar-refractivity contribution in [1.29, 1.82) is 0 Å². The minimum Gasteiger partial charge on any atom is -0.323 e. The van der Waals surface area contributed by atoms with Gasteiger partial charge < -0.3 is 5.32 Å². The smallest absolute Gasteiger partial charge is 0.232 e. The lowest BCUT2D eigenvalue weighted by atomic mass is 10.3. The number of allylic oxidation sites excluding steroid dienone is 2. The second-order valence-corrected chi connectivity index (χ2v) is 1.85. The highest BCUT2D eigenvalue weighted by atomic mass is 16.2. The second kappa shape index (κ2) is 2.01. The molecule has 0 atom stereocenters. The molecule has 48 valence electrons. The molecular weight excluding hydrogens is 118 g/mol. The molecule has 0 saturated carbocycles. The van der Waals surface area contributed by atoms with Crippen LogP contribution in [0.15, 0.2) is 11.8 Å². The molecule has 3 nitrogen and oxygen atoms in total. The number of carbonyl (C=O) groups is 2. The van der Waals surface area contributed by atoms with E-state index in [1.807, 2.05) is 0 Å². The van der Waals surface area contributed by atoms with E-state index in [-0.39, 0.29) is 18.1 Å². The highest BCUT2D eigenvalue weighted by Gasteiger charge is 2.22. The van der Waals surface area contributed by atoms with E-state index in [1.165, 1.54) is 0 Å². The van der Waals surface area contributed by atoms with Crippen LogP contribution >= 0.6 is 0 Å². The Labute approximate surface area is 52.7 Å². The molecule has 0 aromatic rings. The van der Waals surface area contributed by atoms with Crippen molar-refractivity contribution in [3.05, 3.63) is 11.8 Å². The molecule has 0 bridgehead atoms. The van der Waals surface area contributed by atoms with Crippen molar-refractivity contribution >= 4 is 11.7 Å². The van der Waals surface area contributed by atoms with Gasteiger partial charge in [0.05, 0.1) is 12.1 Å². The van der Waals surface area contributed by atoms with Crippen molar-refractivity contribution in [3.8, 4) is 0 Å². The number of nitrogens with one attached hydrogen (secondary N) is 1. The van der Waals surface area contributed by atoms with Gasteiger partial charge in [-0.1, -0.05) is 6.08 Å². The van der Waals surface area contributed by atoms with Crippen molar-refractivity contribution in [3.63, 3.8) is 0 Å². The topological polar surface area (TPSA) is 46.2 Å². The summed E-state index contributed by atoms with van der Waals surface area (Å²) in [4.78, 5) is 21.1. The lowest BCUT2D eigenvalue weighted by Gasteiger charge is -1.88. The van der Waals surface area contributed by atoms with Crippen molar-refractivity contribution < 1.29 is 9.59 Å². The predicted molar refractivity (Wildman–Crippen MR) is 31.5 cm³/mol. The number of hydrogen-bond donors (Lipinski definition) is 1. The van der Waals surface area contributed by atoms with Gasteiger partial charge in [-0.2, -0.15) is 0 Å². The normalized spacial score (nSPS) is 23.0. The van der Waals surface area contributed by atoms with E-state index in [0.717, 1.165) is 0 Å². The zero-order chi connectivity index (χ0) is 6.85. The van der Waals surface area contributed by atoms with Gasteiger partial charge in [0.2, 0.25) is 5.91 Å². The maximum atomic E-state index is 10.7. The highest BCUT2D eigenvalue weighted by Crippen LogP contribution is 2.04. The Kier molecular flexibility index (Phi) is 1.34. The molecule has 1 heterocycles. The van der Waals surface area contributed by atoms with E-state index in [0.29, 0.717) is 5.70 Å². The quantitative estimate of drug-likeness (QED) is 0.365. The van der Waals surface area contributed by atoms with Gasteiger partial charge >= 0.3 is 0 Å². The summed E-state index contributed by atoms with van der Waals surface area (Å²) in [7, 11) is 0. The predicted octanol–water partition coefficient (Wildman–Crippen LogP) is -0.0208. The Morgan fingerprint density at radius 1 is 1.56 bits per heavy atom. The number of amides is 1. The fourth-order valence-corrected chi connectivity index (χ4v) is 0.738. The summed E-state index contributed by atoms with van der Waals surface area (Å²) in [5, 5.41) is 2.43. The molecule has 9 heavy (non-hydrogen) atoms. The van der Waals surface area contributed by atoms with Crippen LogP contribution < -0.4 is 5.32 Å². The van der Waals surface area contributed by atoms with E-state index in [9.17, 15) is 9.59 Å². The molecule has 1 aliphatic heterocycles. The van der Waals surface area contributed by atoms with E-state index < -0.39 is 0 Å². The number of hydrogen-bond acceptors (Lipinski definition) is 2. The Bertz CT molecular complexity index is 193. The zero-order valence-corrected chi connectivity index (χ0v) is 5.10. The van der Waals surface area contributed by atoms with Crippen LogP contribution in [0.2, 0.25) is 0 Å². The first kappa shape index (κ1) is 6.01. The van der Waals surface area contributed by atoms with Crippen molar-refractivity contribution in [2.75, 3.05) is 0 Å². The van der Waals surface area contributed by atoms with Crippen LogP contribution in [0.25, 0.3) is 0 Å². The molecule has 0 radical (unpaired) electrons. The van der Waals surface area contributed by atoms with Crippen LogP contribution in [0.1, 0.15) is 13.3 Å². The molecule has 1 N–H and O–H groups in total. The fraction of sp³-hybridized carbons (Fsp3) is 0.333. The number of ketones is 1. The third kappa shape index (κ3) is 0.988. The summed E-state index contributed by atoms with van der Waals surface area (Å²) in [6.07, 6.45) is 1.62. The van der Waals surface area contributed by atoms with Crippen molar-refractivity contribution in [2.24, 2.45) is 0 Å². The molecule has 1 amide bonds. The molecule has 1 aliphatic rings. The van der Waals surface area contributed by atoms with E-state index in [4.69, 9.17) is 0 Å². The van der Waals surface area contributed by atoms with Crippen LogP contribution in [-0.4, -0.2) is 11.7 Å². The van der Waals surface area contributed by atoms with Crippen LogP contribution in [0, 0.1) is 0 Å². The third-order valence-corrected chi connectivity index (χ3v) is 1.18. The van der Waals surface area contributed by atoms with Crippen LogP contribution in [-0.2, 0) is 9.59 Å². The molecule has 3 heteroatoms. The largest absolute Gasteiger partial charge is 0.323 e. The lowest BCUT2D eigenvalue weighted by Crippen LogP contribution is -2.11. The summed E-state index contributed by atoms with van der Waals surface area (Å²) in [5.41, 5.74) is 0.431. The molecule has 1 fully saturated rings. The van der Waals surface area contributed by atoms with Crippen LogP contribution in [0.4, 0.5) is 0 Å². The molecule has 0 aliphatic carbocycles. The highest BCUT2D eigenvalue weighted by molar-refractivity contribution is 6.14. The Morgan fingerprint density at radius 2 is 2.22 bits per heavy atom. The Balaban J connectivity index is 2.81. The molecular formula is C6H7NO2. The SMILES string of the molecule is C/C=C1/NC(=O)CC1=O. The fourth-order valence-electron chi connectivity index (χ4n) is 0.738. The van der Waals surface area contributed by atoms with E-state index in [1.54, 1.807) is 13.0 Å².